The number of furan rings is 1. The summed E-state index contributed by atoms with van der Waals surface area (Å²) >= 11 is 1.35. The van der Waals surface area contributed by atoms with Crippen molar-refractivity contribution in [3.8, 4) is 10.8 Å². The molecule has 0 fully saturated rings. The van der Waals surface area contributed by atoms with Crippen LogP contribution in [-0.2, 0) is 0 Å². The van der Waals surface area contributed by atoms with E-state index in [0.717, 1.165) is 17.0 Å². The zero-order valence-corrected chi connectivity index (χ0v) is 17.3. The van der Waals surface area contributed by atoms with Gasteiger partial charge in [0.05, 0.1) is 17.4 Å². The lowest BCUT2D eigenvalue weighted by molar-refractivity contribution is 0.0756. The predicted octanol–water partition coefficient (Wildman–Crippen LogP) is 5.28. The van der Waals surface area contributed by atoms with Crippen LogP contribution in [0, 0.1) is 13.8 Å². The number of carbonyl (C=O) groups excluding carboxylic acids is 1. The Morgan fingerprint density at radius 1 is 1.03 bits per heavy atom. The lowest BCUT2D eigenvalue weighted by Crippen LogP contribution is -2.32. The molecule has 1 amide bonds. The largest absolute Gasteiger partial charge is 0.459 e. The lowest BCUT2D eigenvalue weighted by atomic mass is 10.0. The highest BCUT2D eigenvalue weighted by Crippen LogP contribution is 2.33. The van der Waals surface area contributed by atoms with Gasteiger partial charge in [0.1, 0.15) is 10.6 Å². The molecule has 1 atom stereocenters. The number of carbonyl (C=O) groups is 1. The first-order chi connectivity index (χ1) is 14.0. The first-order valence-electron chi connectivity index (χ1n) is 9.32. The van der Waals surface area contributed by atoms with E-state index in [2.05, 4.69) is 9.97 Å². The molecule has 0 aliphatic heterocycles. The molecule has 6 heteroatoms. The number of aromatic nitrogens is 2. The van der Waals surface area contributed by atoms with Crippen molar-refractivity contribution >= 4 is 17.2 Å². The number of hydrogen-bond donors (Lipinski definition) is 0. The number of nitrogens with zero attached hydrogens (tertiary/aromatic N) is 3. The molecular weight excluding hydrogens is 382 g/mol. The number of rotatable bonds is 5. The van der Waals surface area contributed by atoms with Gasteiger partial charge in [-0.2, -0.15) is 0 Å². The molecule has 0 bridgehead atoms. The second-order valence-electron chi connectivity index (χ2n) is 6.83. The van der Waals surface area contributed by atoms with Gasteiger partial charge in [-0.1, -0.05) is 36.4 Å². The summed E-state index contributed by atoms with van der Waals surface area (Å²) in [6.07, 6.45) is 1.75. The van der Waals surface area contributed by atoms with Crippen molar-refractivity contribution < 1.29 is 9.21 Å². The maximum atomic E-state index is 13.4. The summed E-state index contributed by atoms with van der Waals surface area (Å²) in [5.74, 6) is 1.41. The Balaban J connectivity index is 1.71. The molecule has 3 heterocycles. The standard InChI is InChI=1S/C23H21N3O2S/c1-15-12-13-19(28-15)22-25-16(2)21(29-22)23(27)26(3)20(17-9-5-4-6-10-17)18-11-7-8-14-24-18/h4-14,20H,1-3H3. The van der Waals surface area contributed by atoms with E-state index >= 15 is 0 Å². The number of hydrogen-bond acceptors (Lipinski definition) is 5. The summed E-state index contributed by atoms with van der Waals surface area (Å²) in [5.41, 5.74) is 2.52. The van der Waals surface area contributed by atoms with E-state index in [1.165, 1.54) is 11.3 Å². The van der Waals surface area contributed by atoms with Crippen LogP contribution in [-0.4, -0.2) is 27.8 Å². The molecule has 0 saturated heterocycles. The van der Waals surface area contributed by atoms with Gasteiger partial charge in [-0.05, 0) is 43.7 Å². The highest BCUT2D eigenvalue weighted by Gasteiger charge is 2.28. The zero-order chi connectivity index (χ0) is 20.4. The Kier molecular flexibility index (Phi) is 5.27. The van der Waals surface area contributed by atoms with Crippen LogP contribution < -0.4 is 0 Å². The molecule has 0 aliphatic rings. The second kappa shape index (κ2) is 8.01. The average molecular weight is 404 g/mol. The van der Waals surface area contributed by atoms with Crippen LogP contribution in [0.3, 0.4) is 0 Å². The molecular formula is C23H21N3O2S. The van der Waals surface area contributed by atoms with Gasteiger partial charge < -0.3 is 9.32 Å². The van der Waals surface area contributed by atoms with Crippen LogP contribution in [0.4, 0.5) is 0 Å². The van der Waals surface area contributed by atoms with Crippen molar-refractivity contribution in [1.29, 1.82) is 0 Å². The maximum Gasteiger partial charge on any atom is 0.266 e. The van der Waals surface area contributed by atoms with Gasteiger partial charge in [-0.25, -0.2) is 4.98 Å². The van der Waals surface area contributed by atoms with Gasteiger partial charge in [-0.3, -0.25) is 9.78 Å². The number of pyridine rings is 1. The van der Waals surface area contributed by atoms with Crippen LogP contribution in [0.5, 0.6) is 0 Å². The van der Waals surface area contributed by atoms with Gasteiger partial charge >= 0.3 is 0 Å². The Labute approximate surface area is 173 Å². The summed E-state index contributed by atoms with van der Waals surface area (Å²) in [4.78, 5) is 24.9. The van der Waals surface area contributed by atoms with Crippen LogP contribution in [0.1, 0.15) is 38.4 Å². The molecule has 1 aromatic carbocycles. The quantitative estimate of drug-likeness (QED) is 0.455. The van der Waals surface area contributed by atoms with E-state index in [-0.39, 0.29) is 11.9 Å². The minimum atomic E-state index is -0.291. The van der Waals surface area contributed by atoms with Crippen molar-refractivity contribution in [2.75, 3.05) is 7.05 Å². The Hall–Kier alpha value is -3.25. The molecule has 5 nitrogen and oxygen atoms in total. The maximum absolute atomic E-state index is 13.4. The number of thiazole rings is 1. The van der Waals surface area contributed by atoms with Gasteiger partial charge in [0, 0.05) is 13.2 Å². The molecule has 146 valence electrons. The molecule has 0 aliphatic carbocycles. The fourth-order valence-corrected chi connectivity index (χ4v) is 4.30. The molecule has 29 heavy (non-hydrogen) atoms. The zero-order valence-electron chi connectivity index (χ0n) is 16.5. The summed E-state index contributed by atoms with van der Waals surface area (Å²) in [7, 11) is 1.81. The molecule has 0 radical (unpaired) electrons. The third-order valence-corrected chi connectivity index (χ3v) is 5.89. The third kappa shape index (κ3) is 3.84. The van der Waals surface area contributed by atoms with Crippen molar-refractivity contribution in [2.24, 2.45) is 0 Å². The van der Waals surface area contributed by atoms with Crippen LogP contribution >= 0.6 is 11.3 Å². The summed E-state index contributed by atoms with van der Waals surface area (Å²) in [6.45, 7) is 3.75. The van der Waals surface area contributed by atoms with Gasteiger partial charge in [-0.15, -0.1) is 11.3 Å². The van der Waals surface area contributed by atoms with Crippen LogP contribution in [0.15, 0.2) is 71.3 Å². The molecule has 0 spiro atoms. The van der Waals surface area contributed by atoms with Gasteiger partial charge in [0.2, 0.25) is 0 Å². The first-order valence-corrected chi connectivity index (χ1v) is 10.1. The topological polar surface area (TPSA) is 59.2 Å². The molecule has 3 aromatic heterocycles. The number of amides is 1. The third-order valence-electron chi connectivity index (χ3n) is 4.73. The smallest absolute Gasteiger partial charge is 0.266 e. The molecule has 4 aromatic rings. The van der Waals surface area contributed by atoms with Crippen LogP contribution in [0.2, 0.25) is 0 Å². The van der Waals surface area contributed by atoms with E-state index in [1.807, 2.05) is 81.6 Å². The van der Waals surface area contributed by atoms with Crippen LogP contribution in [0.25, 0.3) is 10.8 Å². The minimum absolute atomic E-state index is 0.0889. The van der Waals surface area contributed by atoms with Crippen molar-refractivity contribution in [3.63, 3.8) is 0 Å². The minimum Gasteiger partial charge on any atom is -0.459 e. The summed E-state index contributed by atoms with van der Waals surface area (Å²) in [5, 5.41) is 0.710. The SMILES string of the molecule is Cc1ccc(-c2nc(C)c(C(=O)N(C)C(c3ccccc3)c3ccccn3)s2)o1. The molecule has 1 unspecified atom stereocenters. The van der Waals surface area contributed by atoms with E-state index < -0.39 is 0 Å². The molecule has 0 saturated carbocycles. The Morgan fingerprint density at radius 2 is 1.79 bits per heavy atom. The van der Waals surface area contributed by atoms with Gasteiger partial charge in [0.15, 0.2) is 10.8 Å². The van der Waals surface area contributed by atoms with E-state index in [9.17, 15) is 4.79 Å². The summed E-state index contributed by atoms with van der Waals surface area (Å²) in [6, 6.07) is 19.2. The summed E-state index contributed by atoms with van der Waals surface area (Å²) < 4.78 is 5.68. The Morgan fingerprint density at radius 3 is 2.45 bits per heavy atom. The lowest BCUT2D eigenvalue weighted by Gasteiger charge is -2.28. The van der Waals surface area contributed by atoms with Crippen molar-refractivity contribution in [1.82, 2.24) is 14.9 Å². The highest BCUT2D eigenvalue weighted by atomic mass is 32.1. The predicted molar refractivity (Wildman–Crippen MR) is 114 cm³/mol. The highest BCUT2D eigenvalue weighted by molar-refractivity contribution is 7.17. The number of aryl methyl sites for hydroxylation is 2. The van der Waals surface area contributed by atoms with Gasteiger partial charge in [0.25, 0.3) is 5.91 Å². The van der Waals surface area contributed by atoms with E-state index in [4.69, 9.17) is 4.42 Å². The number of benzene rings is 1. The first kappa shape index (κ1) is 19.1. The van der Waals surface area contributed by atoms with Crippen molar-refractivity contribution in [3.05, 3.63) is 94.4 Å². The van der Waals surface area contributed by atoms with E-state index in [1.54, 1.807) is 11.1 Å². The molecule has 4 rings (SSSR count). The molecule has 0 N–H and O–H groups in total. The monoisotopic (exact) mass is 403 g/mol. The normalized spacial score (nSPS) is 12.0. The average Bonchev–Trinajstić information content (AvgIpc) is 3.35. The fourth-order valence-electron chi connectivity index (χ4n) is 3.29. The fraction of sp³-hybridized carbons (Fsp3) is 0.174. The second-order valence-corrected chi connectivity index (χ2v) is 7.83. The van der Waals surface area contributed by atoms with Crippen molar-refractivity contribution in [2.45, 2.75) is 19.9 Å². The van der Waals surface area contributed by atoms with E-state index in [0.29, 0.717) is 21.3 Å². The Bertz CT molecular complexity index is 1080.